The molecule has 0 saturated heterocycles. The number of para-hydroxylation sites is 2. The number of rotatable bonds is 7. The molecule has 0 radical (unpaired) electrons. The summed E-state index contributed by atoms with van der Waals surface area (Å²) in [6, 6.07) is 12.4. The number of hydrogen-bond acceptors (Lipinski definition) is 8. The van der Waals surface area contributed by atoms with Crippen LogP contribution >= 0.6 is 23.1 Å². The first-order chi connectivity index (χ1) is 13.1. The van der Waals surface area contributed by atoms with Crippen LogP contribution < -0.4 is 10.2 Å². The van der Waals surface area contributed by atoms with Gasteiger partial charge in [0.25, 0.3) is 5.91 Å². The third-order valence-electron chi connectivity index (χ3n) is 3.43. The van der Waals surface area contributed by atoms with Crippen LogP contribution in [-0.2, 0) is 4.79 Å². The van der Waals surface area contributed by atoms with E-state index in [1.165, 1.54) is 48.6 Å². The highest BCUT2D eigenvalue weighted by molar-refractivity contribution is 8.01. The van der Waals surface area contributed by atoms with E-state index in [0.717, 1.165) is 14.6 Å². The number of carbonyl (C=O) groups is 1. The number of nitrogens with zero attached hydrogens (tertiary/aromatic N) is 3. The Balaban J connectivity index is 1.60. The SMILES string of the molecule is COc1cccc(C=NNC(=O)CSc2nc3ccccc3s2)c1[N+](=O)[O-]. The summed E-state index contributed by atoms with van der Waals surface area (Å²) in [6.07, 6.45) is 1.22. The van der Waals surface area contributed by atoms with Crippen molar-refractivity contribution in [2.45, 2.75) is 4.34 Å². The van der Waals surface area contributed by atoms with Crippen LogP contribution in [0.5, 0.6) is 5.75 Å². The molecule has 0 spiro atoms. The maximum absolute atomic E-state index is 11.9. The van der Waals surface area contributed by atoms with Crippen molar-refractivity contribution in [1.29, 1.82) is 0 Å². The number of ether oxygens (including phenoxy) is 1. The molecule has 1 N–H and O–H groups in total. The highest BCUT2D eigenvalue weighted by atomic mass is 32.2. The monoisotopic (exact) mass is 402 g/mol. The molecule has 0 aliphatic heterocycles. The first-order valence-corrected chi connectivity index (χ1v) is 9.50. The number of nitro benzene ring substituents is 1. The van der Waals surface area contributed by atoms with Gasteiger partial charge in [0.1, 0.15) is 0 Å². The van der Waals surface area contributed by atoms with Crippen molar-refractivity contribution >= 4 is 51.1 Å². The molecule has 138 valence electrons. The van der Waals surface area contributed by atoms with Crippen LogP contribution in [0.25, 0.3) is 10.2 Å². The molecule has 2 aromatic carbocycles. The van der Waals surface area contributed by atoms with Gasteiger partial charge in [-0.25, -0.2) is 10.4 Å². The van der Waals surface area contributed by atoms with Gasteiger partial charge in [0.05, 0.1) is 39.8 Å². The van der Waals surface area contributed by atoms with Gasteiger partial charge in [0.15, 0.2) is 10.1 Å². The van der Waals surface area contributed by atoms with E-state index in [9.17, 15) is 14.9 Å². The molecular formula is C17H14N4O4S2. The lowest BCUT2D eigenvalue weighted by atomic mass is 10.2. The fourth-order valence-corrected chi connectivity index (χ4v) is 4.11. The predicted octanol–water partition coefficient (Wildman–Crippen LogP) is 3.46. The molecule has 0 saturated carbocycles. The first kappa shape index (κ1) is 18.8. The Kier molecular flexibility index (Phi) is 5.99. The number of hydrogen-bond donors (Lipinski definition) is 1. The number of hydrazone groups is 1. The lowest BCUT2D eigenvalue weighted by Gasteiger charge is -2.03. The summed E-state index contributed by atoms with van der Waals surface area (Å²) in [5, 5.41) is 15.0. The molecule has 8 nitrogen and oxygen atoms in total. The number of thiazole rings is 1. The van der Waals surface area contributed by atoms with Gasteiger partial charge in [0, 0.05) is 0 Å². The number of methoxy groups -OCH3 is 1. The second-order valence-electron chi connectivity index (χ2n) is 5.18. The van der Waals surface area contributed by atoms with E-state index < -0.39 is 4.92 Å². The van der Waals surface area contributed by atoms with Gasteiger partial charge < -0.3 is 4.74 Å². The molecule has 0 unspecified atom stereocenters. The van der Waals surface area contributed by atoms with Gasteiger partial charge in [0.2, 0.25) is 0 Å². The fraction of sp³-hybridized carbons (Fsp3) is 0.118. The molecule has 0 aliphatic carbocycles. The molecule has 0 aliphatic rings. The molecule has 3 aromatic rings. The Labute approximate surface area is 162 Å². The Morgan fingerprint density at radius 1 is 1.37 bits per heavy atom. The number of carbonyl (C=O) groups excluding carboxylic acids is 1. The van der Waals surface area contributed by atoms with Crippen LogP contribution in [0.4, 0.5) is 5.69 Å². The number of nitrogens with one attached hydrogen (secondary N) is 1. The Morgan fingerprint density at radius 2 is 2.19 bits per heavy atom. The number of aromatic nitrogens is 1. The van der Waals surface area contributed by atoms with Crippen molar-refractivity contribution in [1.82, 2.24) is 10.4 Å². The zero-order valence-electron chi connectivity index (χ0n) is 14.1. The molecule has 0 fully saturated rings. The van der Waals surface area contributed by atoms with E-state index in [0.29, 0.717) is 0 Å². The van der Waals surface area contributed by atoms with Gasteiger partial charge in [-0.15, -0.1) is 11.3 Å². The minimum atomic E-state index is -0.551. The maximum Gasteiger partial charge on any atom is 0.319 e. The van der Waals surface area contributed by atoms with Crippen LogP contribution in [0.15, 0.2) is 51.9 Å². The van der Waals surface area contributed by atoms with Gasteiger partial charge in [-0.1, -0.05) is 30.0 Å². The lowest BCUT2D eigenvalue weighted by Crippen LogP contribution is -2.19. The van der Waals surface area contributed by atoms with Crippen molar-refractivity contribution in [2.24, 2.45) is 5.10 Å². The molecule has 27 heavy (non-hydrogen) atoms. The summed E-state index contributed by atoms with van der Waals surface area (Å²) >= 11 is 2.82. The molecule has 10 heteroatoms. The third-order valence-corrected chi connectivity index (χ3v) is 5.61. The van der Waals surface area contributed by atoms with E-state index in [2.05, 4.69) is 15.5 Å². The van der Waals surface area contributed by atoms with Gasteiger partial charge in [-0.2, -0.15) is 5.10 Å². The highest BCUT2D eigenvalue weighted by Crippen LogP contribution is 2.30. The third kappa shape index (κ3) is 4.60. The van der Waals surface area contributed by atoms with E-state index >= 15 is 0 Å². The van der Waals surface area contributed by atoms with Crippen molar-refractivity contribution in [3.8, 4) is 5.75 Å². The topological polar surface area (TPSA) is 107 Å². The number of nitro groups is 1. The second-order valence-corrected chi connectivity index (χ2v) is 7.44. The Hall–Kier alpha value is -2.98. The summed E-state index contributed by atoms with van der Waals surface area (Å²) in [4.78, 5) is 27.0. The van der Waals surface area contributed by atoms with Gasteiger partial charge >= 0.3 is 5.69 Å². The smallest absolute Gasteiger partial charge is 0.319 e. The zero-order valence-corrected chi connectivity index (χ0v) is 15.8. The molecule has 0 bridgehead atoms. The number of thioether (sulfide) groups is 1. The van der Waals surface area contributed by atoms with Crippen LogP contribution in [-0.4, -0.2) is 34.9 Å². The summed E-state index contributed by atoms with van der Waals surface area (Å²) in [5.74, 6) is -0.0695. The van der Waals surface area contributed by atoms with Crippen LogP contribution in [0.2, 0.25) is 0 Å². The average molecular weight is 402 g/mol. The maximum atomic E-state index is 11.9. The summed E-state index contributed by atoms with van der Waals surface area (Å²) in [6.45, 7) is 0. The molecule has 1 amide bonds. The van der Waals surface area contributed by atoms with E-state index in [1.54, 1.807) is 6.07 Å². The Morgan fingerprint density at radius 3 is 2.93 bits per heavy atom. The molecule has 0 atom stereocenters. The number of benzene rings is 2. The second kappa shape index (κ2) is 8.60. The summed E-state index contributed by atoms with van der Waals surface area (Å²) < 4.78 is 6.84. The minimum Gasteiger partial charge on any atom is -0.490 e. The summed E-state index contributed by atoms with van der Waals surface area (Å²) in [7, 11) is 1.35. The van der Waals surface area contributed by atoms with E-state index in [4.69, 9.17) is 4.74 Å². The van der Waals surface area contributed by atoms with Crippen molar-refractivity contribution in [2.75, 3.05) is 12.9 Å². The summed E-state index contributed by atoms with van der Waals surface area (Å²) in [5.41, 5.74) is 3.29. The van der Waals surface area contributed by atoms with E-state index in [-0.39, 0.29) is 28.7 Å². The van der Waals surface area contributed by atoms with E-state index in [1.807, 2.05) is 24.3 Å². The Bertz CT molecular complexity index is 986. The van der Waals surface area contributed by atoms with Crippen LogP contribution in [0.3, 0.4) is 0 Å². The fourth-order valence-electron chi connectivity index (χ4n) is 2.25. The zero-order chi connectivity index (χ0) is 19.2. The van der Waals surface area contributed by atoms with Crippen molar-refractivity contribution in [3.05, 3.63) is 58.1 Å². The average Bonchev–Trinajstić information content (AvgIpc) is 3.09. The molecule has 1 aromatic heterocycles. The predicted molar refractivity (Wildman–Crippen MR) is 106 cm³/mol. The highest BCUT2D eigenvalue weighted by Gasteiger charge is 2.19. The lowest BCUT2D eigenvalue weighted by molar-refractivity contribution is -0.385. The quantitative estimate of drug-likeness (QED) is 0.281. The molecule has 1 heterocycles. The van der Waals surface area contributed by atoms with Crippen molar-refractivity contribution < 1.29 is 14.5 Å². The minimum absolute atomic E-state index is 0.127. The normalized spacial score (nSPS) is 11.0. The number of amides is 1. The molecule has 3 rings (SSSR count). The van der Waals surface area contributed by atoms with Gasteiger partial charge in [-0.3, -0.25) is 14.9 Å². The van der Waals surface area contributed by atoms with Crippen LogP contribution in [0.1, 0.15) is 5.56 Å². The number of fused-ring (bicyclic) bond motifs is 1. The van der Waals surface area contributed by atoms with Crippen molar-refractivity contribution in [3.63, 3.8) is 0 Å². The standard InChI is InChI=1S/C17H14N4O4S2/c1-25-13-7-4-5-11(16(13)21(23)24)9-18-20-15(22)10-26-17-19-12-6-2-3-8-14(12)27-17/h2-9H,10H2,1H3,(H,20,22). The largest absolute Gasteiger partial charge is 0.490 e. The first-order valence-electron chi connectivity index (χ1n) is 7.70. The van der Waals surface area contributed by atoms with Gasteiger partial charge in [-0.05, 0) is 24.3 Å². The molecular weight excluding hydrogens is 388 g/mol. The van der Waals surface area contributed by atoms with Crippen LogP contribution in [0, 0.1) is 10.1 Å².